The molecule has 14 heavy (non-hydrogen) atoms. The van der Waals surface area contributed by atoms with Crippen molar-refractivity contribution in [1.82, 2.24) is 9.59 Å². The van der Waals surface area contributed by atoms with Gasteiger partial charge in [-0.15, -0.1) is 16.4 Å². The van der Waals surface area contributed by atoms with Crippen molar-refractivity contribution in [1.29, 1.82) is 0 Å². The van der Waals surface area contributed by atoms with Crippen LogP contribution in [0.1, 0.15) is 15.4 Å². The zero-order valence-corrected chi connectivity index (χ0v) is 9.33. The summed E-state index contributed by atoms with van der Waals surface area (Å²) in [7, 11) is 0. The Morgan fingerprint density at radius 1 is 1.50 bits per heavy atom. The van der Waals surface area contributed by atoms with Gasteiger partial charge in [0.15, 0.2) is 5.78 Å². The number of carbonyl (C=O) groups is 1. The van der Waals surface area contributed by atoms with E-state index in [0.29, 0.717) is 16.5 Å². The largest absolute Gasteiger partial charge is 0.292 e. The molecule has 0 spiro atoms. The lowest BCUT2D eigenvalue weighted by atomic mass is 10.2. The van der Waals surface area contributed by atoms with Crippen LogP contribution < -0.4 is 0 Å². The van der Waals surface area contributed by atoms with E-state index >= 15 is 0 Å². The molecule has 0 saturated carbocycles. The van der Waals surface area contributed by atoms with Gasteiger partial charge in [0.05, 0.1) is 4.34 Å². The molecule has 0 amide bonds. The SMILES string of the molecule is O=C(Cc1ccc(Cl)s1)c1csnn1. The topological polar surface area (TPSA) is 42.9 Å². The van der Waals surface area contributed by atoms with Crippen molar-refractivity contribution >= 4 is 40.3 Å². The summed E-state index contributed by atoms with van der Waals surface area (Å²) in [6, 6.07) is 3.64. The average Bonchev–Trinajstić information content (AvgIpc) is 2.75. The van der Waals surface area contributed by atoms with E-state index in [4.69, 9.17) is 11.6 Å². The molecule has 0 saturated heterocycles. The van der Waals surface area contributed by atoms with Crippen LogP contribution in [-0.2, 0) is 6.42 Å². The van der Waals surface area contributed by atoms with Crippen LogP contribution in [0.25, 0.3) is 0 Å². The first kappa shape index (κ1) is 9.76. The van der Waals surface area contributed by atoms with E-state index in [1.165, 1.54) is 22.9 Å². The second-order valence-electron chi connectivity index (χ2n) is 2.60. The highest BCUT2D eigenvalue weighted by Crippen LogP contribution is 2.22. The summed E-state index contributed by atoms with van der Waals surface area (Å²) in [5.41, 5.74) is 0.430. The normalized spacial score (nSPS) is 10.4. The van der Waals surface area contributed by atoms with Crippen LogP contribution in [0, 0.1) is 0 Å². The summed E-state index contributed by atoms with van der Waals surface area (Å²) >= 11 is 8.34. The van der Waals surface area contributed by atoms with Gasteiger partial charge >= 0.3 is 0 Å². The van der Waals surface area contributed by atoms with Crippen molar-refractivity contribution in [3.8, 4) is 0 Å². The molecule has 2 heterocycles. The first-order chi connectivity index (χ1) is 6.75. The quantitative estimate of drug-likeness (QED) is 0.780. The fraction of sp³-hybridized carbons (Fsp3) is 0.125. The van der Waals surface area contributed by atoms with Gasteiger partial charge in [-0.1, -0.05) is 16.1 Å². The van der Waals surface area contributed by atoms with Crippen LogP contribution in [0.15, 0.2) is 17.5 Å². The molecule has 72 valence electrons. The summed E-state index contributed by atoms with van der Waals surface area (Å²) in [6.45, 7) is 0. The van der Waals surface area contributed by atoms with Gasteiger partial charge in [0.25, 0.3) is 0 Å². The second-order valence-corrected chi connectivity index (χ2v) is 5.01. The predicted molar refractivity (Wildman–Crippen MR) is 57.3 cm³/mol. The lowest BCUT2D eigenvalue weighted by molar-refractivity contribution is 0.0989. The summed E-state index contributed by atoms with van der Waals surface area (Å²) in [4.78, 5) is 12.5. The van der Waals surface area contributed by atoms with E-state index in [1.54, 1.807) is 11.4 Å². The Hall–Kier alpha value is -0.780. The molecule has 0 N–H and O–H groups in total. The Morgan fingerprint density at radius 2 is 2.36 bits per heavy atom. The van der Waals surface area contributed by atoms with Crippen LogP contribution in [0.4, 0.5) is 0 Å². The van der Waals surface area contributed by atoms with Crippen LogP contribution in [0.2, 0.25) is 4.34 Å². The number of hydrogen-bond donors (Lipinski definition) is 0. The maximum atomic E-state index is 11.6. The number of carbonyl (C=O) groups excluding carboxylic acids is 1. The van der Waals surface area contributed by atoms with Gasteiger partial charge < -0.3 is 0 Å². The van der Waals surface area contributed by atoms with E-state index in [0.717, 1.165) is 4.88 Å². The minimum atomic E-state index is -0.0164. The van der Waals surface area contributed by atoms with E-state index < -0.39 is 0 Å². The summed E-state index contributed by atoms with van der Waals surface area (Å²) in [6.07, 6.45) is 0.350. The maximum absolute atomic E-state index is 11.6. The number of Topliss-reactive ketones (excluding diaryl/α,β-unsaturated/α-hetero) is 1. The number of halogens is 1. The zero-order chi connectivity index (χ0) is 9.97. The molecule has 0 aliphatic rings. The Bertz CT molecular complexity index is 438. The average molecular weight is 245 g/mol. The zero-order valence-electron chi connectivity index (χ0n) is 6.94. The highest BCUT2D eigenvalue weighted by Gasteiger charge is 2.10. The summed E-state index contributed by atoms with van der Waals surface area (Å²) in [5, 5.41) is 5.36. The van der Waals surface area contributed by atoms with Crippen molar-refractivity contribution in [3.05, 3.63) is 32.4 Å². The Morgan fingerprint density at radius 3 is 2.93 bits per heavy atom. The minimum Gasteiger partial charge on any atom is -0.292 e. The molecule has 0 atom stereocenters. The van der Waals surface area contributed by atoms with E-state index in [2.05, 4.69) is 9.59 Å². The van der Waals surface area contributed by atoms with Crippen molar-refractivity contribution < 1.29 is 4.79 Å². The Labute approximate surface area is 93.5 Å². The van der Waals surface area contributed by atoms with Crippen LogP contribution in [-0.4, -0.2) is 15.4 Å². The number of hydrogen-bond acceptors (Lipinski definition) is 5. The third-order valence-corrected chi connectivity index (χ3v) is 3.35. The van der Waals surface area contributed by atoms with Gasteiger partial charge in [-0.3, -0.25) is 4.79 Å². The second kappa shape index (κ2) is 4.16. The third kappa shape index (κ3) is 2.17. The fourth-order valence-corrected chi connectivity index (χ4v) is 2.53. The highest BCUT2D eigenvalue weighted by molar-refractivity contribution is 7.16. The van der Waals surface area contributed by atoms with Crippen LogP contribution in [0.5, 0.6) is 0 Å². The van der Waals surface area contributed by atoms with E-state index in [-0.39, 0.29) is 5.78 Å². The molecule has 0 aromatic carbocycles. The number of thiophene rings is 1. The van der Waals surface area contributed by atoms with Gasteiger partial charge in [0.1, 0.15) is 5.69 Å². The molecule has 0 unspecified atom stereocenters. The molecule has 0 aliphatic carbocycles. The minimum absolute atomic E-state index is 0.0164. The van der Waals surface area contributed by atoms with Gasteiger partial charge in [-0.05, 0) is 23.7 Å². The number of aromatic nitrogens is 2. The lowest BCUT2D eigenvalue weighted by Crippen LogP contribution is -2.02. The molecule has 0 bridgehead atoms. The molecule has 2 aromatic rings. The molecule has 3 nitrogen and oxygen atoms in total. The van der Waals surface area contributed by atoms with Gasteiger partial charge in [0, 0.05) is 16.7 Å². The maximum Gasteiger partial charge on any atom is 0.189 e. The molecule has 0 aliphatic heterocycles. The summed E-state index contributed by atoms with van der Waals surface area (Å²) < 4.78 is 4.34. The van der Waals surface area contributed by atoms with Crippen molar-refractivity contribution in [2.45, 2.75) is 6.42 Å². The molecule has 2 rings (SSSR count). The molecular weight excluding hydrogens is 240 g/mol. The van der Waals surface area contributed by atoms with Crippen molar-refractivity contribution in [3.63, 3.8) is 0 Å². The van der Waals surface area contributed by atoms with E-state index in [9.17, 15) is 4.79 Å². The monoisotopic (exact) mass is 244 g/mol. The fourth-order valence-electron chi connectivity index (χ4n) is 0.982. The molecule has 6 heteroatoms. The van der Waals surface area contributed by atoms with Crippen LogP contribution in [0.3, 0.4) is 0 Å². The molecule has 0 fully saturated rings. The Kier molecular flexibility index (Phi) is 2.90. The first-order valence-electron chi connectivity index (χ1n) is 3.80. The van der Waals surface area contributed by atoms with Crippen molar-refractivity contribution in [2.24, 2.45) is 0 Å². The smallest absolute Gasteiger partial charge is 0.189 e. The number of ketones is 1. The Balaban J connectivity index is 2.09. The summed E-state index contributed by atoms with van der Waals surface area (Å²) in [5.74, 6) is -0.0164. The molecule has 2 aromatic heterocycles. The van der Waals surface area contributed by atoms with Crippen LogP contribution >= 0.6 is 34.5 Å². The molecule has 0 radical (unpaired) electrons. The third-order valence-electron chi connectivity index (χ3n) is 1.61. The van der Waals surface area contributed by atoms with Gasteiger partial charge in [0.2, 0.25) is 0 Å². The van der Waals surface area contributed by atoms with E-state index in [1.807, 2.05) is 6.07 Å². The highest BCUT2D eigenvalue weighted by atomic mass is 35.5. The molecular formula is C8H5ClN2OS2. The first-order valence-corrected chi connectivity index (χ1v) is 5.83. The predicted octanol–water partition coefficient (Wildman–Crippen LogP) is 2.68. The number of nitrogens with zero attached hydrogens (tertiary/aromatic N) is 2. The van der Waals surface area contributed by atoms with Gasteiger partial charge in [-0.25, -0.2) is 0 Å². The standard InChI is InChI=1S/C8H5ClN2OS2/c9-8-2-1-5(14-8)3-7(12)6-4-13-11-10-6/h1-2,4H,3H2. The van der Waals surface area contributed by atoms with Gasteiger partial charge in [-0.2, -0.15) is 0 Å². The van der Waals surface area contributed by atoms with Crippen molar-refractivity contribution in [2.75, 3.05) is 0 Å². The number of rotatable bonds is 3. The lowest BCUT2D eigenvalue weighted by Gasteiger charge is -1.91.